The number of benzene rings is 1. The van der Waals surface area contributed by atoms with E-state index in [-0.39, 0.29) is 13.0 Å². The molecule has 0 radical (unpaired) electrons. The van der Waals surface area contributed by atoms with Gasteiger partial charge in [-0.2, -0.15) is 0 Å². The quantitative estimate of drug-likeness (QED) is 0.232. The van der Waals surface area contributed by atoms with Gasteiger partial charge in [0, 0.05) is 11.3 Å². The van der Waals surface area contributed by atoms with Gasteiger partial charge in [-0.1, -0.05) is 17.2 Å². The number of carbonyl (C=O) groups is 2. The number of amides is 1. The molecule has 10 heteroatoms. The van der Waals surface area contributed by atoms with Gasteiger partial charge < -0.3 is 25.0 Å². The van der Waals surface area contributed by atoms with Gasteiger partial charge in [0.15, 0.2) is 0 Å². The highest BCUT2D eigenvalue weighted by atomic mass is 16.5. The third kappa shape index (κ3) is 7.53. The number of carbonyl (C=O) groups excluding carboxylic acids is 2. The summed E-state index contributed by atoms with van der Waals surface area (Å²) in [6, 6.07) is 5.73. The molecule has 0 aliphatic heterocycles. The van der Waals surface area contributed by atoms with Crippen LogP contribution in [0.5, 0.6) is 5.75 Å². The van der Waals surface area contributed by atoms with Gasteiger partial charge in [-0.25, -0.2) is 4.79 Å². The lowest BCUT2D eigenvalue weighted by Gasteiger charge is -2.16. The van der Waals surface area contributed by atoms with Crippen molar-refractivity contribution in [1.29, 1.82) is 0 Å². The van der Waals surface area contributed by atoms with Gasteiger partial charge in [0.25, 0.3) is 0 Å². The number of hydrogen-bond acceptors (Lipinski definition) is 7. The topological polar surface area (TPSA) is 154 Å². The Morgan fingerprint density at radius 1 is 1.36 bits per heavy atom. The predicted octanol–water partition coefficient (Wildman–Crippen LogP) is -0.0708. The van der Waals surface area contributed by atoms with E-state index in [0.29, 0.717) is 5.75 Å². The van der Waals surface area contributed by atoms with Crippen molar-refractivity contribution in [3.05, 3.63) is 40.3 Å². The molecule has 2 unspecified atom stereocenters. The van der Waals surface area contributed by atoms with Crippen LogP contribution in [0.15, 0.2) is 29.4 Å². The van der Waals surface area contributed by atoms with E-state index < -0.39 is 37.2 Å². The minimum absolute atomic E-state index is 0.0455. The van der Waals surface area contributed by atoms with Crippen molar-refractivity contribution in [1.82, 2.24) is 5.32 Å². The normalized spacial score (nSPS) is 12.4. The summed E-state index contributed by atoms with van der Waals surface area (Å²) in [5, 5.41) is 23.5. The van der Waals surface area contributed by atoms with Crippen LogP contribution in [0.1, 0.15) is 5.56 Å². The molecule has 2 atom stereocenters. The molecule has 1 aromatic carbocycles. The molecule has 1 aromatic rings. The first-order valence-corrected chi connectivity index (χ1v) is 7.38. The molecule has 1 rings (SSSR count). The van der Waals surface area contributed by atoms with Crippen LogP contribution < -0.4 is 10.1 Å². The predicted molar refractivity (Wildman–Crippen MR) is 86.7 cm³/mol. The maximum atomic E-state index is 11.8. The number of esters is 1. The maximum absolute atomic E-state index is 11.8. The molecule has 25 heavy (non-hydrogen) atoms. The lowest BCUT2D eigenvalue weighted by molar-refractivity contribution is -0.144. The number of methoxy groups -OCH3 is 1. The average Bonchev–Trinajstić information content (AvgIpc) is 2.64. The molecular formula is C15H20N4O6. The van der Waals surface area contributed by atoms with E-state index in [2.05, 4.69) is 20.1 Å². The highest BCUT2D eigenvalue weighted by molar-refractivity contribution is 5.85. The monoisotopic (exact) mass is 352 g/mol. The molecule has 0 fully saturated rings. The third-order valence-corrected chi connectivity index (χ3v) is 3.11. The molecule has 0 saturated heterocycles. The zero-order chi connectivity index (χ0) is 18.7. The zero-order valence-electron chi connectivity index (χ0n) is 13.7. The Morgan fingerprint density at radius 2 is 2.04 bits per heavy atom. The van der Waals surface area contributed by atoms with Gasteiger partial charge in [-0.3, -0.25) is 4.79 Å². The van der Waals surface area contributed by atoms with Crippen molar-refractivity contribution in [2.75, 3.05) is 26.9 Å². The average molecular weight is 352 g/mol. The van der Waals surface area contributed by atoms with E-state index >= 15 is 0 Å². The van der Waals surface area contributed by atoms with Crippen LogP contribution >= 0.6 is 0 Å². The van der Waals surface area contributed by atoms with Gasteiger partial charge >= 0.3 is 5.97 Å². The van der Waals surface area contributed by atoms with E-state index in [0.717, 1.165) is 5.56 Å². The van der Waals surface area contributed by atoms with Crippen LogP contribution in [0.4, 0.5) is 0 Å². The molecule has 3 N–H and O–H groups in total. The second kappa shape index (κ2) is 10.9. The number of aliphatic hydroxyl groups is 2. The second-order valence-corrected chi connectivity index (χ2v) is 5.03. The molecule has 0 aliphatic rings. The Morgan fingerprint density at radius 3 is 2.60 bits per heavy atom. The fraction of sp³-hybridized carbons (Fsp3) is 0.467. The Hall–Kier alpha value is -2.81. The number of ether oxygens (including phenoxy) is 2. The Labute approximate surface area is 144 Å². The number of nitrogens with zero attached hydrogens (tertiary/aromatic N) is 3. The van der Waals surface area contributed by atoms with Crippen molar-refractivity contribution >= 4 is 11.9 Å². The van der Waals surface area contributed by atoms with E-state index in [9.17, 15) is 14.7 Å². The molecule has 0 aliphatic carbocycles. The SMILES string of the molecule is COC(=O)C(Cc1ccc(OCC(O)CO)cc1)NC(=O)CN=[N+]=[N-]. The van der Waals surface area contributed by atoms with Crippen LogP contribution in [0.2, 0.25) is 0 Å². The Balaban J connectivity index is 2.68. The lowest BCUT2D eigenvalue weighted by atomic mass is 10.1. The molecule has 136 valence electrons. The molecule has 0 spiro atoms. The molecule has 0 aromatic heterocycles. The van der Waals surface area contributed by atoms with Crippen LogP contribution in [0.25, 0.3) is 10.4 Å². The van der Waals surface area contributed by atoms with Gasteiger partial charge in [0.2, 0.25) is 5.91 Å². The first-order valence-electron chi connectivity index (χ1n) is 7.38. The fourth-order valence-corrected chi connectivity index (χ4v) is 1.87. The van der Waals surface area contributed by atoms with Crippen molar-refractivity contribution in [2.45, 2.75) is 18.6 Å². The second-order valence-electron chi connectivity index (χ2n) is 5.03. The minimum atomic E-state index is -0.963. The fourth-order valence-electron chi connectivity index (χ4n) is 1.87. The molecule has 0 bridgehead atoms. The molecule has 10 nitrogen and oxygen atoms in total. The molecule has 0 heterocycles. The number of nitrogens with one attached hydrogen (secondary N) is 1. The highest BCUT2D eigenvalue weighted by Gasteiger charge is 2.21. The molecule has 0 saturated carbocycles. The first kappa shape index (κ1) is 20.2. The van der Waals surface area contributed by atoms with Crippen molar-refractivity contribution in [2.24, 2.45) is 5.11 Å². The summed E-state index contributed by atoms with van der Waals surface area (Å²) in [6.07, 6.45) is -0.788. The molecule has 1 amide bonds. The van der Waals surface area contributed by atoms with Gasteiger partial charge in [0.05, 0.1) is 13.7 Å². The highest BCUT2D eigenvalue weighted by Crippen LogP contribution is 2.14. The summed E-state index contributed by atoms with van der Waals surface area (Å²) >= 11 is 0. The smallest absolute Gasteiger partial charge is 0.328 e. The van der Waals surface area contributed by atoms with E-state index in [1.807, 2.05) is 0 Å². The van der Waals surface area contributed by atoms with Crippen molar-refractivity contribution < 1.29 is 29.3 Å². The van der Waals surface area contributed by atoms with E-state index in [1.165, 1.54) is 7.11 Å². The Kier molecular flexibility index (Phi) is 8.80. The lowest BCUT2D eigenvalue weighted by Crippen LogP contribution is -2.43. The number of azide groups is 1. The van der Waals surface area contributed by atoms with Crippen LogP contribution in [-0.2, 0) is 20.7 Å². The largest absolute Gasteiger partial charge is 0.491 e. The summed E-state index contributed by atoms with van der Waals surface area (Å²) in [5.74, 6) is -0.731. The van der Waals surface area contributed by atoms with Gasteiger partial charge in [0.1, 0.15) is 31.0 Å². The van der Waals surface area contributed by atoms with Crippen LogP contribution in [-0.4, -0.2) is 61.1 Å². The Bertz CT molecular complexity index is 615. The summed E-state index contributed by atoms with van der Waals surface area (Å²) in [6.45, 7) is -0.853. The van der Waals surface area contributed by atoms with Crippen molar-refractivity contribution in [3.8, 4) is 5.75 Å². The summed E-state index contributed by atoms with van der Waals surface area (Å²) in [4.78, 5) is 25.9. The first-order chi connectivity index (χ1) is 12.0. The van der Waals surface area contributed by atoms with Gasteiger partial charge in [-0.05, 0) is 23.2 Å². The van der Waals surface area contributed by atoms with E-state index in [1.54, 1.807) is 24.3 Å². The zero-order valence-corrected chi connectivity index (χ0v) is 13.7. The van der Waals surface area contributed by atoms with Crippen LogP contribution in [0.3, 0.4) is 0 Å². The number of rotatable bonds is 10. The summed E-state index contributed by atoms with van der Waals surface area (Å²) < 4.78 is 9.94. The summed E-state index contributed by atoms with van der Waals surface area (Å²) in [5.41, 5.74) is 8.94. The minimum Gasteiger partial charge on any atom is -0.491 e. The van der Waals surface area contributed by atoms with Crippen molar-refractivity contribution in [3.63, 3.8) is 0 Å². The maximum Gasteiger partial charge on any atom is 0.328 e. The number of aliphatic hydroxyl groups excluding tert-OH is 2. The third-order valence-electron chi connectivity index (χ3n) is 3.11. The van der Waals surface area contributed by atoms with E-state index in [4.69, 9.17) is 15.4 Å². The summed E-state index contributed by atoms with van der Waals surface area (Å²) in [7, 11) is 1.21. The molecular weight excluding hydrogens is 332 g/mol. The standard InChI is InChI=1S/C15H20N4O6/c1-24-15(23)13(18-14(22)7-17-19-16)6-10-2-4-12(5-3-10)25-9-11(21)8-20/h2-5,11,13,20-21H,6-9H2,1H3,(H,18,22). The number of hydrogen-bond donors (Lipinski definition) is 3. The van der Waals surface area contributed by atoms with Gasteiger partial charge in [-0.15, -0.1) is 0 Å². The van der Waals surface area contributed by atoms with Crippen LogP contribution in [0, 0.1) is 0 Å².